The first-order valence-electron chi connectivity index (χ1n) is 12.7. The normalized spacial score (nSPS) is 11.5. The summed E-state index contributed by atoms with van der Waals surface area (Å²) in [6.45, 7) is 3.00. The summed E-state index contributed by atoms with van der Waals surface area (Å²) in [6, 6.07) is 27.4. The Kier molecular flexibility index (Phi) is 11.7. The summed E-state index contributed by atoms with van der Waals surface area (Å²) in [5.74, 6) is -0.765. The quantitative estimate of drug-likeness (QED) is 0.176. The molecule has 0 aliphatic rings. The number of fused-ring (bicyclic) bond motifs is 1. The third-order valence-corrected chi connectivity index (χ3v) is 7.24. The van der Waals surface area contributed by atoms with Gasteiger partial charge in [0.2, 0.25) is 0 Å². The van der Waals surface area contributed by atoms with Crippen LogP contribution < -0.4 is 5.32 Å². The minimum atomic E-state index is -1.03. The Morgan fingerprint density at radius 2 is 1.62 bits per heavy atom. The summed E-state index contributed by atoms with van der Waals surface area (Å²) >= 11 is 1.55. The molecule has 2 N–H and O–H groups in total. The van der Waals surface area contributed by atoms with Crippen molar-refractivity contribution in [3.63, 3.8) is 0 Å². The zero-order valence-corrected chi connectivity index (χ0v) is 22.6. The van der Waals surface area contributed by atoms with Crippen LogP contribution in [0.25, 0.3) is 21.9 Å². The molecule has 0 aliphatic carbocycles. The summed E-state index contributed by atoms with van der Waals surface area (Å²) in [5, 5.41) is 14.7. The van der Waals surface area contributed by atoms with Crippen molar-refractivity contribution in [2.24, 2.45) is 0 Å². The Labute approximate surface area is 246 Å². The number of carboxylic acids is 1. The average molecular weight is 536 g/mol. The Hall–Kier alpha value is -3.01. The van der Waals surface area contributed by atoms with Crippen molar-refractivity contribution in [1.82, 2.24) is 5.32 Å². The van der Waals surface area contributed by atoms with Gasteiger partial charge in [-0.25, -0.2) is 4.79 Å². The number of ether oxygens (including phenoxy) is 1. The summed E-state index contributed by atoms with van der Waals surface area (Å²) in [7, 11) is 0. The molecule has 4 rings (SSSR count). The molecule has 4 aromatic carbocycles. The third-order valence-electron chi connectivity index (χ3n) is 6.60. The fourth-order valence-corrected chi connectivity index (χ4v) is 4.95. The fourth-order valence-electron chi connectivity index (χ4n) is 4.48. The second-order valence-corrected chi connectivity index (χ2v) is 10.3. The molecule has 5 nitrogen and oxygen atoms in total. The number of hydrogen-bond acceptors (Lipinski definition) is 4. The molecule has 0 bridgehead atoms. The van der Waals surface area contributed by atoms with Gasteiger partial charge in [0.05, 0.1) is 13.2 Å². The number of benzene rings is 4. The number of aryl methyl sites for hydroxylation is 1. The van der Waals surface area contributed by atoms with Crippen LogP contribution in [0.2, 0.25) is 0 Å². The van der Waals surface area contributed by atoms with E-state index in [1.54, 1.807) is 17.8 Å². The first kappa shape index (κ1) is 30.5. The number of hydrogen-bond donors (Lipinski definition) is 2. The van der Waals surface area contributed by atoms with Gasteiger partial charge in [-0.05, 0) is 82.5 Å². The molecule has 1 atom stereocenters. The zero-order valence-electron chi connectivity index (χ0n) is 21.8. The Morgan fingerprint density at radius 1 is 0.897 bits per heavy atom. The topological polar surface area (TPSA) is 75.6 Å². The molecule has 198 valence electrons. The van der Waals surface area contributed by atoms with E-state index in [4.69, 9.17) is 4.74 Å². The van der Waals surface area contributed by atoms with E-state index in [2.05, 4.69) is 35.6 Å². The van der Waals surface area contributed by atoms with E-state index in [-0.39, 0.29) is 24.8 Å². The van der Waals surface area contributed by atoms with Gasteiger partial charge in [-0.15, -0.1) is 0 Å². The second kappa shape index (κ2) is 15.0. The monoisotopic (exact) mass is 535 g/mol. The van der Waals surface area contributed by atoms with Crippen molar-refractivity contribution in [1.29, 1.82) is 0 Å². The van der Waals surface area contributed by atoms with Crippen LogP contribution in [0.15, 0.2) is 84.9 Å². The molecule has 39 heavy (non-hydrogen) atoms. The van der Waals surface area contributed by atoms with Crippen molar-refractivity contribution >= 4 is 53.3 Å². The van der Waals surface area contributed by atoms with Crippen LogP contribution in [0.1, 0.15) is 33.5 Å². The van der Waals surface area contributed by atoms with Crippen LogP contribution in [0.5, 0.6) is 0 Å². The predicted octanol–water partition coefficient (Wildman–Crippen LogP) is 5.86. The molecule has 0 fully saturated rings. The molecule has 0 saturated heterocycles. The summed E-state index contributed by atoms with van der Waals surface area (Å²) in [6.07, 6.45) is 3.09. The van der Waals surface area contributed by atoms with Crippen molar-refractivity contribution in [2.45, 2.75) is 32.4 Å². The van der Waals surface area contributed by atoms with Crippen molar-refractivity contribution in [3.8, 4) is 11.1 Å². The molecule has 4 aromatic rings. The Balaban J connectivity index is 0.00000420. The molecule has 0 spiro atoms. The fraction of sp³-hybridized carbons (Fsp3) is 0.250. The van der Waals surface area contributed by atoms with E-state index in [9.17, 15) is 14.7 Å². The van der Waals surface area contributed by atoms with Crippen molar-refractivity contribution < 1.29 is 19.4 Å². The summed E-state index contributed by atoms with van der Waals surface area (Å²) in [4.78, 5) is 24.9. The van der Waals surface area contributed by atoms with Gasteiger partial charge in [0.25, 0.3) is 5.91 Å². The van der Waals surface area contributed by atoms with Crippen LogP contribution in [0.4, 0.5) is 0 Å². The Morgan fingerprint density at radius 3 is 2.36 bits per heavy atom. The number of rotatable bonds is 12. The van der Waals surface area contributed by atoms with Gasteiger partial charge >= 0.3 is 24.8 Å². The SMILES string of the molecule is CSCC[C@H](NC(=O)c1ccc(COCCc2ccc3ccccc3c2)cc1-c1ccccc1C)C(=O)O.[LiH]. The van der Waals surface area contributed by atoms with E-state index in [0.717, 1.165) is 28.7 Å². The van der Waals surface area contributed by atoms with E-state index >= 15 is 0 Å². The molecule has 7 heteroatoms. The molecule has 1 amide bonds. The predicted molar refractivity (Wildman–Crippen MR) is 163 cm³/mol. The maximum absolute atomic E-state index is 13.2. The minimum absolute atomic E-state index is 0. The van der Waals surface area contributed by atoms with Crippen LogP contribution >= 0.6 is 11.8 Å². The number of carboxylic acid groups (broad SMARTS) is 1. The average Bonchev–Trinajstić information content (AvgIpc) is 2.93. The summed E-state index contributed by atoms with van der Waals surface area (Å²) in [5.41, 5.74) is 5.38. The molecular formula is C32H34LiNO4S. The van der Waals surface area contributed by atoms with Gasteiger partial charge in [-0.2, -0.15) is 11.8 Å². The van der Waals surface area contributed by atoms with Gasteiger partial charge < -0.3 is 15.2 Å². The van der Waals surface area contributed by atoms with Crippen LogP contribution in [0, 0.1) is 6.92 Å². The van der Waals surface area contributed by atoms with Crippen LogP contribution in [-0.4, -0.2) is 60.5 Å². The number of aliphatic carboxylic acids is 1. The van der Waals surface area contributed by atoms with Crippen LogP contribution in [0.3, 0.4) is 0 Å². The first-order valence-corrected chi connectivity index (χ1v) is 14.1. The van der Waals surface area contributed by atoms with E-state index in [1.807, 2.05) is 61.7 Å². The van der Waals surface area contributed by atoms with Gasteiger partial charge in [0.15, 0.2) is 0 Å². The number of thioether (sulfide) groups is 1. The molecule has 0 unspecified atom stereocenters. The van der Waals surface area contributed by atoms with Crippen molar-refractivity contribution in [2.75, 3.05) is 18.6 Å². The van der Waals surface area contributed by atoms with Gasteiger partial charge in [-0.1, -0.05) is 72.8 Å². The number of carbonyl (C=O) groups is 2. The van der Waals surface area contributed by atoms with E-state index in [1.165, 1.54) is 16.3 Å². The Bertz CT molecular complexity index is 1420. The summed E-state index contributed by atoms with van der Waals surface area (Å²) < 4.78 is 6.02. The molecule has 0 aromatic heterocycles. The van der Waals surface area contributed by atoms with Crippen molar-refractivity contribution in [3.05, 3.63) is 107 Å². The number of amides is 1. The first-order chi connectivity index (χ1) is 18.5. The van der Waals surface area contributed by atoms with E-state index in [0.29, 0.717) is 31.0 Å². The van der Waals surface area contributed by atoms with Gasteiger partial charge in [-0.3, -0.25) is 4.79 Å². The standard InChI is InChI=1S/C32H33NO4S.Li.H/c1-22-7-3-6-10-27(22)29-20-24(12-14-28(29)31(34)33-30(32(35)36)16-18-38-2)21-37-17-15-23-11-13-25-8-4-5-9-26(25)19-23;;/h3-14,19-20,30H,15-18,21H2,1-2H3,(H,33,34)(H,35,36);;/t30-;;/m0../s1. The molecule has 0 radical (unpaired) electrons. The number of nitrogens with one attached hydrogen (secondary N) is 1. The number of carbonyl (C=O) groups excluding carboxylic acids is 1. The maximum atomic E-state index is 13.2. The van der Waals surface area contributed by atoms with E-state index < -0.39 is 12.0 Å². The second-order valence-electron chi connectivity index (χ2n) is 9.32. The molecule has 0 saturated carbocycles. The zero-order chi connectivity index (χ0) is 26.9. The van der Waals surface area contributed by atoms with Crippen LogP contribution in [-0.2, 0) is 22.6 Å². The van der Waals surface area contributed by atoms with Gasteiger partial charge in [0, 0.05) is 5.56 Å². The van der Waals surface area contributed by atoms with Gasteiger partial charge in [0.1, 0.15) is 6.04 Å². The molecule has 0 aliphatic heterocycles. The third kappa shape index (κ3) is 8.24. The molecular weight excluding hydrogens is 501 g/mol. The molecule has 0 heterocycles.